The first-order chi connectivity index (χ1) is 4.81. The van der Waals surface area contributed by atoms with Crippen LogP contribution in [0.4, 0.5) is 0 Å². The van der Waals surface area contributed by atoms with Crippen LogP contribution in [0.15, 0.2) is 12.8 Å². The highest BCUT2D eigenvalue weighted by Crippen LogP contribution is 2.28. The van der Waals surface area contributed by atoms with Gasteiger partial charge in [0.15, 0.2) is 0 Å². The molecule has 0 aromatic heterocycles. The zero-order valence-electron chi connectivity index (χ0n) is 6.45. The molecule has 0 aromatic carbocycles. The average Bonchev–Trinajstić information content (AvgIpc) is 2.44. The molecule has 2 atom stereocenters. The van der Waals surface area contributed by atoms with E-state index in [2.05, 4.69) is 23.4 Å². The Morgan fingerprint density at radius 1 is 1.40 bits per heavy atom. The summed E-state index contributed by atoms with van der Waals surface area (Å²) in [5.74, 6) is 0. The Kier molecular flexibility index (Phi) is 1.24. The molecule has 2 fully saturated rings. The lowest BCUT2D eigenvalue weighted by Crippen LogP contribution is -2.41. The molecule has 2 bridgehead atoms. The summed E-state index contributed by atoms with van der Waals surface area (Å²) >= 11 is 0. The number of hydrogen-bond donors (Lipinski definition) is 0. The summed E-state index contributed by atoms with van der Waals surface area (Å²) in [6.45, 7) is 6.23. The molecular formula is C8H14N2. The van der Waals surface area contributed by atoms with Gasteiger partial charge >= 0.3 is 0 Å². The SMILES string of the molecule is C=CN1C[C@H]2C[C@@H]1CN2C. The molecule has 0 aliphatic carbocycles. The van der Waals surface area contributed by atoms with Gasteiger partial charge in [-0.15, -0.1) is 0 Å². The Bertz CT molecular complexity index is 153. The minimum Gasteiger partial charge on any atom is -0.372 e. The van der Waals surface area contributed by atoms with Crippen molar-refractivity contribution >= 4 is 0 Å². The second-order valence-electron chi connectivity index (χ2n) is 3.36. The molecule has 10 heavy (non-hydrogen) atoms. The standard InChI is InChI=1S/C8H14N2/c1-3-10-6-7-4-8(10)5-9(7)2/h3,7-8H,1,4-6H2,2H3/t7-,8-/m1/s1. The molecule has 0 saturated carbocycles. The van der Waals surface area contributed by atoms with E-state index in [9.17, 15) is 0 Å². The van der Waals surface area contributed by atoms with Crippen molar-refractivity contribution in [2.75, 3.05) is 20.1 Å². The van der Waals surface area contributed by atoms with E-state index >= 15 is 0 Å². The number of likely N-dealkylation sites (N-methyl/N-ethyl adjacent to an activating group) is 1. The molecule has 0 aromatic rings. The lowest BCUT2D eigenvalue weighted by atomic mass is 10.2. The number of rotatable bonds is 1. The average molecular weight is 138 g/mol. The van der Waals surface area contributed by atoms with Crippen LogP contribution in [0.5, 0.6) is 0 Å². The Morgan fingerprint density at radius 2 is 2.20 bits per heavy atom. The van der Waals surface area contributed by atoms with Crippen molar-refractivity contribution < 1.29 is 0 Å². The molecule has 2 aliphatic rings. The monoisotopic (exact) mass is 138 g/mol. The molecule has 2 nitrogen and oxygen atoms in total. The summed E-state index contributed by atoms with van der Waals surface area (Å²) in [5.41, 5.74) is 0. The molecule has 0 amide bonds. The summed E-state index contributed by atoms with van der Waals surface area (Å²) in [4.78, 5) is 4.81. The van der Waals surface area contributed by atoms with Gasteiger partial charge in [0.05, 0.1) is 0 Å². The molecule has 0 spiro atoms. The lowest BCUT2D eigenvalue weighted by Gasteiger charge is -2.30. The molecule has 2 heteroatoms. The summed E-state index contributed by atoms with van der Waals surface area (Å²) in [5, 5.41) is 0. The van der Waals surface area contributed by atoms with E-state index in [0.29, 0.717) is 0 Å². The first-order valence-corrected chi connectivity index (χ1v) is 3.90. The van der Waals surface area contributed by atoms with E-state index in [1.54, 1.807) is 0 Å². The first-order valence-electron chi connectivity index (χ1n) is 3.90. The Balaban J connectivity index is 2.08. The van der Waals surface area contributed by atoms with Gasteiger partial charge in [0, 0.05) is 25.2 Å². The fraction of sp³-hybridized carbons (Fsp3) is 0.750. The van der Waals surface area contributed by atoms with Gasteiger partial charge in [-0.05, 0) is 19.7 Å². The van der Waals surface area contributed by atoms with Gasteiger partial charge in [-0.3, -0.25) is 4.90 Å². The molecule has 0 radical (unpaired) electrons. The third-order valence-electron chi connectivity index (χ3n) is 2.79. The van der Waals surface area contributed by atoms with Crippen molar-refractivity contribution in [2.24, 2.45) is 0 Å². The number of piperazine rings is 1. The highest BCUT2D eigenvalue weighted by molar-refractivity contribution is 5.01. The maximum Gasteiger partial charge on any atom is 0.0427 e. The fourth-order valence-corrected chi connectivity index (χ4v) is 2.12. The molecule has 56 valence electrons. The number of nitrogens with zero attached hydrogens (tertiary/aromatic N) is 2. The maximum absolute atomic E-state index is 3.79. The molecule has 2 aliphatic heterocycles. The Hall–Kier alpha value is -0.500. The van der Waals surface area contributed by atoms with E-state index in [0.717, 1.165) is 12.1 Å². The predicted octanol–water partition coefficient (Wildman–Crippen LogP) is 0.518. The maximum atomic E-state index is 3.79. The second kappa shape index (κ2) is 1.99. The topological polar surface area (TPSA) is 6.48 Å². The molecular weight excluding hydrogens is 124 g/mol. The molecule has 2 saturated heterocycles. The molecule has 0 unspecified atom stereocenters. The van der Waals surface area contributed by atoms with Crippen LogP contribution in [0.3, 0.4) is 0 Å². The van der Waals surface area contributed by atoms with Crippen molar-refractivity contribution in [2.45, 2.75) is 18.5 Å². The van der Waals surface area contributed by atoms with Crippen molar-refractivity contribution in [1.29, 1.82) is 0 Å². The molecule has 2 rings (SSSR count). The highest BCUT2D eigenvalue weighted by Gasteiger charge is 2.39. The number of hydrogen-bond acceptors (Lipinski definition) is 2. The second-order valence-corrected chi connectivity index (χ2v) is 3.36. The van der Waals surface area contributed by atoms with E-state index in [4.69, 9.17) is 0 Å². The number of likely N-dealkylation sites (tertiary alicyclic amines) is 2. The van der Waals surface area contributed by atoms with Gasteiger partial charge in [0.1, 0.15) is 0 Å². The van der Waals surface area contributed by atoms with Crippen molar-refractivity contribution in [3.05, 3.63) is 12.8 Å². The van der Waals surface area contributed by atoms with E-state index in [-0.39, 0.29) is 0 Å². The van der Waals surface area contributed by atoms with E-state index in [1.165, 1.54) is 19.5 Å². The van der Waals surface area contributed by atoms with Gasteiger partial charge in [0.25, 0.3) is 0 Å². The third-order valence-corrected chi connectivity index (χ3v) is 2.79. The van der Waals surface area contributed by atoms with E-state index < -0.39 is 0 Å². The summed E-state index contributed by atoms with van der Waals surface area (Å²) in [6, 6.07) is 1.58. The van der Waals surface area contributed by atoms with Gasteiger partial charge < -0.3 is 4.90 Å². The fourth-order valence-electron chi connectivity index (χ4n) is 2.12. The normalized spacial score (nSPS) is 39.1. The van der Waals surface area contributed by atoms with Gasteiger partial charge in [-0.25, -0.2) is 0 Å². The van der Waals surface area contributed by atoms with Crippen LogP contribution in [0.2, 0.25) is 0 Å². The van der Waals surface area contributed by atoms with Crippen molar-refractivity contribution in [3.8, 4) is 0 Å². The minimum absolute atomic E-state index is 0.771. The summed E-state index contributed by atoms with van der Waals surface area (Å²) in [6.07, 6.45) is 3.33. The highest BCUT2D eigenvalue weighted by atomic mass is 15.3. The van der Waals surface area contributed by atoms with Crippen molar-refractivity contribution in [1.82, 2.24) is 9.80 Å². The molecule has 2 heterocycles. The van der Waals surface area contributed by atoms with Gasteiger partial charge in [-0.2, -0.15) is 0 Å². The zero-order chi connectivity index (χ0) is 7.14. The molecule has 0 N–H and O–H groups in total. The minimum atomic E-state index is 0.771. The van der Waals surface area contributed by atoms with Crippen LogP contribution in [0.1, 0.15) is 6.42 Å². The van der Waals surface area contributed by atoms with Crippen LogP contribution in [-0.4, -0.2) is 42.0 Å². The van der Waals surface area contributed by atoms with Crippen LogP contribution in [-0.2, 0) is 0 Å². The van der Waals surface area contributed by atoms with E-state index in [1.807, 2.05) is 6.20 Å². The third kappa shape index (κ3) is 0.686. The summed E-state index contributed by atoms with van der Waals surface area (Å²) < 4.78 is 0. The quantitative estimate of drug-likeness (QED) is 0.521. The number of fused-ring (bicyclic) bond motifs is 2. The van der Waals surface area contributed by atoms with Crippen LogP contribution >= 0.6 is 0 Å². The van der Waals surface area contributed by atoms with Crippen molar-refractivity contribution in [3.63, 3.8) is 0 Å². The summed E-state index contributed by atoms with van der Waals surface area (Å²) in [7, 11) is 2.21. The van der Waals surface area contributed by atoms with Crippen LogP contribution < -0.4 is 0 Å². The van der Waals surface area contributed by atoms with Crippen LogP contribution in [0, 0.1) is 0 Å². The van der Waals surface area contributed by atoms with Crippen LogP contribution in [0.25, 0.3) is 0 Å². The first kappa shape index (κ1) is 6.23. The predicted molar refractivity (Wildman–Crippen MR) is 41.7 cm³/mol. The zero-order valence-corrected chi connectivity index (χ0v) is 6.45. The Morgan fingerprint density at radius 3 is 2.60 bits per heavy atom. The largest absolute Gasteiger partial charge is 0.372 e. The Labute approximate surface area is 62.1 Å². The smallest absolute Gasteiger partial charge is 0.0427 e. The van der Waals surface area contributed by atoms with Gasteiger partial charge in [0.2, 0.25) is 0 Å². The van der Waals surface area contributed by atoms with Gasteiger partial charge in [-0.1, -0.05) is 6.58 Å². The lowest BCUT2D eigenvalue weighted by molar-refractivity contribution is 0.194.